The van der Waals surface area contributed by atoms with Gasteiger partial charge in [-0.3, -0.25) is 14.5 Å². The molecule has 5 nitrogen and oxygen atoms in total. The predicted molar refractivity (Wildman–Crippen MR) is 137 cm³/mol. The molecule has 1 atom stereocenters. The van der Waals surface area contributed by atoms with Crippen LogP contribution in [0.5, 0.6) is 0 Å². The van der Waals surface area contributed by atoms with Gasteiger partial charge in [-0.25, -0.2) is 0 Å². The van der Waals surface area contributed by atoms with Crippen LogP contribution < -0.4 is 10.2 Å². The average molecular weight is 458 g/mol. The first kappa shape index (κ1) is 22.7. The van der Waals surface area contributed by atoms with Crippen LogP contribution in [-0.2, 0) is 17.8 Å². The number of rotatable bonds is 4. The molecule has 0 unspecified atom stereocenters. The third-order valence-corrected chi connectivity index (χ3v) is 7.70. The molecule has 1 saturated carbocycles. The second-order valence-corrected chi connectivity index (χ2v) is 10.1. The summed E-state index contributed by atoms with van der Waals surface area (Å²) in [5.41, 5.74) is 2.55. The van der Waals surface area contributed by atoms with E-state index in [-0.39, 0.29) is 17.9 Å². The third-order valence-electron chi connectivity index (χ3n) is 7.70. The van der Waals surface area contributed by atoms with E-state index in [1.165, 1.54) is 19.3 Å². The van der Waals surface area contributed by atoms with E-state index < -0.39 is 5.54 Å². The molecule has 1 aromatic heterocycles. The lowest BCUT2D eigenvalue weighted by Gasteiger charge is -2.44. The maximum atomic E-state index is 14.0. The van der Waals surface area contributed by atoms with Crippen molar-refractivity contribution in [2.24, 2.45) is 0 Å². The molecule has 1 N–H and O–H groups in total. The molecule has 5 rings (SSSR count). The number of benzene rings is 2. The lowest BCUT2D eigenvalue weighted by molar-refractivity contribution is -0.127. The van der Waals surface area contributed by atoms with Crippen LogP contribution in [0, 0.1) is 0 Å². The monoisotopic (exact) mass is 457 g/mol. The summed E-state index contributed by atoms with van der Waals surface area (Å²) in [5.74, 6) is -0.178. The highest BCUT2D eigenvalue weighted by molar-refractivity contribution is 6.14. The van der Waals surface area contributed by atoms with Gasteiger partial charge in [-0.05, 0) is 56.0 Å². The standard InChI is InChI=1S/C29H35N3O2/c1-3-21-12-11-16-24(18-21)32-27(33)26-19-22-13-9-10-17-25(22)31(26)20-29(32,2)28(34)30-23-14-7-5-4-6-8-15-23/h9-13,16-19,23H,3-8,14-15,20H2,1-2H3,(H,30,34)/t29-/m0/s1. The van der Waals surface area contributed by atoms with Gasteiger partial charge < -0.3 is 9.88 Å². The fourth-order valence-corrected chi connectivity index (χ4v) is 5.71. The number of hydrogen-bond donors (Lipinski definition) is 1. The van der Waals surface area contributed by atoms with Gasteiger partial charge in [-0.1, -0.05) is 69.4 Å². The minimum absolute atomic E-state index is 0.0586. The normalized spacial score (nSPS) is 21.7. The van der Waals surface area contributed by atoms with Crippen LogP contribution in [0.25, 0.3) is 10.9 Å². The van der Waals surface area contributed by atoms with Gasteiger partial charge in [0.25, 0.3) is 5.91 Å². The van der Waals surface area contributed by atoms with Gasteiger partial charge in [-0.15, -0.1) is 0 Å². The summed E-state index contributed by atoms with van der Waals surface area (Å²) in [6.45, 7) is 4.46. The van der Waals surface area contributed by atoms with Gasteiger partial charge in [0.05, 0.1) is 6.54 Å². The van der Waals surface area contributed by atoms with Crippen LogP contribution in [0.1, 0.15) is 74.8 Å². The molecule has 178 valence electrons. The molecule has 0 spiro atoms. The van der Waals surface area contributed by atoms with E-state index in [0.29, 0.717) is 12.2 Å². The summed E-state index contributed by atoms with van der Waals surface area (Å²) >= 11 is 0. The molecular formula is C29H35N3O2. The number of carbonyl (C=O) groups excluding carboxylic acids is 2. The van der Waals surface area contributed by atoms with Crippen molar-refractivity contribution < 1.29 is 9.59 Å². The van der Waals surface area contributed by atoms with Crippen molar-refractivity contribution in [2.45, 2.75) is 83.3 Å². The molecule has 0 bridgehead atoms. The van der Waals surface area contributed by atoms with Crippen molar-refractivity contribution in [3.63, 3.8) is 0 Å². The molecule has 5 heteroatoms. The number of hydrogen-bond acceptors (Lipinski definition) is 2. The Labute approximate surface area is 202 Å². The number of anilines is 1. The van der Waals surface area contributed by atoms with Gasteiger partial charge in [0.1, 0.15) is 11.2 Å². The molecule has 2 aromatic carbocycles. The number of para-hydroxylation sites is 1. The van der Waals surface area contributed by atoms with Crippen molar-refractivity contribution in [2.75, 3.05) is 4.90 Å². The Morgan fingerprint density at radius 3 is 2.50 bits per heavy atom. The smallest absolute Gasteiger partial charge is 0.275 e. The second-order valence-electron chi connectivity index (χ2n) is 10.1. The first-order valence-electron chi connectivity index (χ1n) is 12.8. The average Bonchev–Trinajstić information content (AvgIpc) is 3.19. The minimum Gasteiger partial charge on any atom is -0.351 e. The lowest BCUT2D eigenvalue weighted by atomic mass is 9.91. The van der Waals surface area contributed by atoms with E-state index in [4.69, 9.17) is 0 Å². The highest BCUT2D eigenvalue weighted by Gasteiger charge is 2.49. The van der Waals surface area contributed by atoms with Gasteiger partial charge >= 0.3 is 0 Å². The predicted octanol–water partition coefficient (Wildman–Crippen LogP) is 5.85. The molecule has 0 saturated heterocycles. The number of carbonyl (C=O) groups is 2. The summed E-state index contributed by atoms with van der Waals surface area (Å²) in [7, 11) is 0. The first-order chi connectivity index (χ1) is 16.5. The van der Waals surface area contributed by atoms with Crippen LogP contribution in [0.2, 0.25) is 0 Å². The maximum Gasteiger partial charge on any atom is 0.275 e. The van der Waals surface area contributed by atoms with Crippen LogP contribution in [0.3, 0.4) is 0 Å². The zero-order chi connectivity index (χ0) is 23.7. The highest BCUT2D eigenvalue weighted by atomic mass is 16.2. The van der Waals surface area contributed by atoms with Crippen molar-refractivity contribution in [3.8, 4) is 0 Å². The molecule has 1 aliphatic heterocycles. The Bertz CT molecular complexity index is 1210. The van der Waals surface area contributed by atoms with E-state index in [0.717, 1.165) is 54.3 Å². The summed E-state index contributed by atoms with van der Waals surface area (Å²) in [4.78, 5) is 29.8. The SMILES string of the molecule is CCc1cccc(N2C(=O)c3cc4ccccc4n3C[C@@]2(C)C(=O)NC2CCCCCCC2)c1. The van der Waals surface area contributed by atoms with Crippen molar-refractivity contribution in [3.05, 3.63) is 65.9 Å². The van der Waals surface area contributed by atoms with Crippen LogP contribution in [0.15, 0.2) is 54.6 Å². The minimum atomic E-state index is -1.03. The third kappa shape index (κ3) is 4.02. The Morgan fingerprint density at radius 1 is 1.00 bits per heavy atom. The number of fused-ring (bicyclic) bond motifs is 3. The molecule has 2 heterocycles. The van der Waals surface area contributed by atoms with E-state index in [2.05, 4.69) is 24.4 Å². The van der Waals surface area contributed by atoms with Crippen molar-refractivity contribution >= 4 is 28.4 Å². The summed E-state index contributed by atoms with van der Waals surface area (Å²) < 4.78 is 2.04. The Hall–Kier alpha value is -3.08. The largest absolute Gasteiger partial charge is 0.351 e. The summed E-state index contributed by atoms with van der Waals surface area (Å²) in [6.07, 6.45) is 8.95. The van der Waals surface area contributed by atoms with E-state index >= 15 is 0 Å². The fourth-order valence-electron chi connectivity index (χ4n) is 5.71. The Kier molecular flexibility index (Phi) is 6.20. The molecule has 2 amide bonds. The Balaban J connectivity index is 1.57. The van der Waals surface area contributed by atoms with Crippen LogP contribution in [0.4, 0.5) is 5.69 Å². The fraction of sp³-hybridized carbons (Fsp3) is 0.448. The van der Waals surface area contributed by atoms with Gasteiger partial charge in [0.2, 0.25) is 5.91 Å². The molecule has 34 heavy (non-hydrogen) atoms. The van der Waals surface area contributed by atoms with E-state index in [1.807, 2.05) is 54.0 Å². The summed E-state index contributed by atoms with van der Waals surface area (Å²) in [6, 6.07) is 18.2. The zero-order valence-electron chi connectivity index (χ0n) is 20.3. The number of nitrogens with zero attached hydrogens (tertiary/aromatic N) is 2. The van der Waals surface area contributed by atoms with Gasteiger partial charge in [0, 0.05) is 22.6 Å². The Morgan fingerprint density at radius 2 is 1.74 bits per heavy atom. The molecule has 2 aliphatic rings. The molecular weight excluding hydrogens is 422 g/mol. The van der Waals surface area contributed by atoms with Crippen LogP contribution >= 0.6 is 0 Å². The molecule has 3 aromatic rings. The number of aryl methyl sites for hydroxylation is 1. The lowest BCUT2D eigenvalue weighted by Crippen LogP contribution is -2.65. The first-order valence-corrected chi connectivity index (χ1v) is 12.8. The van der Waals surface area contributed by atoms with Crippen LogP contribution in [-0.4, -0.2) is 28.0 Å². The molecule has 1 fully saturated rings. The van der Waals surface area contributed by atoms with Gasteiger partial charge in [-0.2, -0.15) is 0 Å². The second kappa shape index (κ2) is 9.28. The highest BCUT2D eigenvalue weighted by Crippen LogP contribution is 2.36. The van der Waals surface area contributed by atoms with E-state index in [9.17, 15) is 9.59 Å². The van der Waals surface area contributed by atoms with Crippen molar-refractivity contribution in [1.82, 2.24) is 9.88 Å². The van der Waals surface area contributed by atoms with Crippen molar-refractivity contribution in [1.29, 1.82) is 0 Å². The number of aromatic nitrogens is 1. The topological polar surface area (TPSA) is 54.3 Å². The van der Waals surface area contributed by atoms with E-state index in [1.54, 1.807) is 4.90 Å². The summed E-state index contributed by atoms with van der Waals surface area (Å²) in [5, 5.41) is 4.40. The zero-order valence-corrected chi connectivity index (χ0v) is 20.3. The molecule has 1 aliphatic carbocycles. The number of nitrogens with one attached hydrogen (secondary N) is 1. The maximum absolute atomic E-state index is 14.0. The van der Waals surface area contributed by atoms with Gasteiger partial charge in [0.15, 0.2) is 0 Å². The number of amides is 2. The quantitative estimate of drug-likeness (QED) is 0.534. The molecule has 0 radical (unpaired) electrons.